The summed E-state index contributed by atoms with van der Waals surface area (Å²) in [6.45, 7) is 7.14. The van der Waals surface area contributed by atoms with Crippen LogP contribution in [0, 0.1) is 0 Å². The van der Waals surface area contributed by atoms with Crippen LogP contribution in [0.3, 0.4) is 0 Å². The summed E-state index contributed by atoms with van der Waals surface area (Å²) in [5.41, 5.74) is 1.15. The zero-order chi connectivity index (χ0) is 12.9. The molecule has 1 aromatic carbocycles. The molecule has 2 unspecified atom stereocenters. The lowest BCUT2D eigenvalue weighted by atomic mass is 10.1. The predicted octanol–water partition coefficient (Wildman–Crippen LogP) is 2.23. The molecule has 0 amide bonds. The van der Waals surface area contributed by atoms with Crippen molar-refractivity contribution in [3.8, 4) is 11.5 Å². The Morgan fingerprint density at radius 3 is 2.72 bits per heavy atom. The SMILES string of the molecule is CC(C)(C)S(=O)N1C[C@H]1c1ccc2c(c1)OCO2. The molecule has 0 saturated carbocycles. The van der Waals surface area contributed by atoms with Gasteiger partial charge in [-0.2, -0.15) is 0 Å². The number of benzene rings is 1. The van der Waals surface area contributed by atoms with Gasteiger partial charge in [0.1, 0.15) is 11.0 Å². The Bertz CT molecular complexity index is 509. The maximum absolute atomic E-state index is 12.2. The Balaban J connectivity index is 1.77. The van der Waals surface area contributed by atoms with Crippen LogP contribution in [0.25, 0.3) is 0 Å². The molecule has 98 valence electrons. The van der Waals surface area contributed by atoms with Crippen LogP contribution < -0.4 is 9.47 Å². The lowest BCUT2D eigenvalue weighted by Crippen LogP contribution is -2.27. The highest BCUT2D eigenvalue weighted by atomic mass is 32.2. The van der Waals surface area contributed by atoms with Crippen molar-refractivity contribution < 1.29 is 13.7 Å². The molecule has 1 fully saturated rings. The summed E-state index contributed by atoms with van der Waals surface area (Å²) >= 11 is 0. The minimum Gasteiger partial charge on any atom is -0.454 e. The third kappa shape index (κ3) is 2.01. The first kappa shape index (κ1) is 12.0. The van der Waals surface area contributed by atoms with E-state index in [1.54, 1.807) is 0 Å². The Labute approximate surface area is 109 Å². The number of ether oxygens (including phenoxy) is 2. The van der Waals surface area contributed by atoms with Crippen LogP contribution >= 0.6 is 0 Å². The molecule has 3 atom stereocenters. The highest BCUT2D eigenvalue weighted by Crippen LogP contribution is 2.43. The molecular weight excluding hydrogens is 250 g/mol. The molecule has 1 aromatic rings. The van der Waals surface area contributed by atoms with Gasteiger partial charge in [-0.25, -0.2) is 8.51 Å². The first-order chi connectivity index (χ1) is 8.47. The molecule has 2 aliphatic heterocycles. The normalized spacial score (nSPS) is 27.1. The van der Waals surface area contributed by atoms with Gasteiger partial charge in [-0.1, -0.05) is 6.07 Å². The maximum atomic E-state index is 12.2. The standard InChI is InChI=1S/C13H17NO3S/c1-13(2,3)18(15)14-7-10(14)9-4-5-11-12(6-9)17-8-16-11/h4-6,10H,7-8H2,1-3H3/t10-,14?,18?/m0/s1. The molecule has 0 spiro atoms. The number of rotatable bonds is 2. The van der Waals surface area contributed by atoms with Crippen molar-refractivity contribution in [1.29, 1.82) is 0 Å². The third-order valence-corrected chi connectivity index (χ3v) is 4.96. The molecule has 0 radical (unpaired) electrons. The van der Waals surface area contributed by atoms with Crippen LogP contribution in [0.5, 0.6) is 11.5 Å². The summed E-state index contributed by atoms with van der Waals surface area (Å²) in [6.07, 6.45) is 0. The zero-order valence-electron chi connectivity index (χ0n) is 10.8. The van der Waals surface area contributed by atoms with E-state index in [0.717, 1.165) is 23.6 Å². The third-order valence-electron chi connectivity index (χ3n) is 3.09. The summed E-state index contributed by atoms with van der Waals surface area (Å²) in [7, 11) is -0.946. The van der Waals surface area contributed by atoms with Gasteiger partial charge in [0.05, 0.1) is 10.8 Å². The van der Waals surface area contributed by atoms with E-state index in [4.69, 9.17) is 9.47 Å². The Morgan fingerprint density at radius 1 is 1.28 bits per heavy atom. The van der Waals surface area contributed by atoms with E-state index >= 15 is 0 Å². The predicted molar refractivity (Wildman–Crippen MR) is 69.9 cm³/mol. The number of hydrogen-bond donors (Lipinski definition) is 0. The molecule has 3 rings (SSSR count). The lowest BCUT2D eigenvalue weighted by Gasteiger charge is -2.18. The van der Waals surface area contributed by atoms with E-state index < -0.39 is 11.0 Å². The molecule has 2 aliphatic rings. The lowest BCUT2D eigenvalue weighted by molar-refractivity contribution is 0.174. The fourth-order valence-electron chi connectivity index (χ4n) is 2.05. The van der Waals surface area contributed by atoms with E-state index in [0.29, 0.717) is 6.79 Å². The molecule has 0 N–H and O–H groups in total. The van der Waals surface area contributed by atoms with Crippen molar-refractivity contribution >= 4 is 11.0 Å². The minimum absolute atomic E-state index is 0.203. The highest BCUT2D eigenvalue weighted by Gasteiger charge is 2.44. The van der Waals surface area contributed by atoms with Gasteiger partial charge in [0.15, 0.2) is 11.5 Å². The van der Waals surface area contributed by atoms with Crippen LogP contribution in [-0.2, 0) is 11.0 Å². The van der Waals surface area contributed by atoms with E-state index in [2.05, 4.69) is 0 Å². The molecule has 1 saturated heterocycles. The molecule has 4 nitrogen and oxygen atoms in total. The number of nitrogens with zero attached hydrogens (tertiary/aromatic N) is 1. The van der Waals surface area contributed by atoms with Crippen LogP contribution in [-0.4, -0.2) is 26.6 Å². The molecule has 0 bridgehead atoms. The fraction of sp³-hybridized carbons (Fsp3) is 0.538. The van der Waals surface area contributed by atoms with Crippen LogP contribution in [0.2, 0.25) is 0 Å². The summed E-state index contributed by atoms with van der Waals surface area (Å²) in [4.78, 5) is 0. The van der Waals surface area contributed by atoms with Crippen molar-refractivity contribution in [2.24, 2.45) is 0 Å². The van der Waals surface area contributed by atoms with Gasteiger partial charge in [0, 0.05) is 6.54 Å². The second-order valence-electron chi connectivity index (χ2n) is 5.59. The quantitative estimate of drug-likeness (QED) is 0.771. The van der Waals surface area contributed by atoms with Crippen LogP contribution in [0.1, 0.15) is 32.4 Å². The van der Waals surface area contributed by atoms with Crippen molar-refractivity contribution in [2.75, 3.05) is 13.3 Å². The number of fused-ring (bicyclic) bond motifs is 1. The number of hydrogen-bond acceptors (Lipinski definition) is 3. The molecule has 5 heteroatoms. The average Bonchev–Trinajstić information content (AvgIpc) is 2.96. The van der Waals surface area contributed by atoms with Gasteiger partial charge >= 0.3 is 0 Å². The van der Waals surface area contributed by atoms with Crippen LogP contribution in [0.4, 0.5) is 0 Å². The van der Waals surface area contributed by atoms with E-state index in [1.807, 2.05) is 43.3 Å². The Hall–Kier alpha value is -1.07. The van der Waals surface area contributed by atoms with Crippen molar-refractivity contribution in [2.45, 2.75) is 31.6 Å². The first-order valence-corrected chi connectivity index (χ1v) is 7.16. The average molecular weight is 267 g/mol. The van der Waals surface area contributed by atoms with E-state index in [9.17, 15) is 4.21 Å². The van der Waals surface area contributed by atoms with Gasteiger partial charge in [-0.15, -0.1) is 0 Å². The van der Waals surface area contributed by atoms with Crippen molar-refractivity contribution in [3.63, 3.8) is 0 Å². The summed E-state index contributed by atoms with van der Waals surface area (Å²) in [6, 6.07) is 6.19. The van der Waals surface area contributed by atoms with E-state index in [1.165, 1.54) is 0 Å². The van der Waals surface area contributed by atoms with Crippen molar-refractivity contribution in [1.82, 2.24) is 4.31 Å². The van der Waals surface area contributed by atoms with Crippen molar-refractivity contribution in [3.05, 3.63) is 23.8 Å². The topological polar surface area (TPSA) is 38.5 Å². The fourth-order valence-corrected chi connectivity index (χ4v) is 3.38. The summed E-state index contributed by atoms with van der Waals surface area (Å²) in [5.74, 6) is 1.59. The minimum atomic E-state index is -0.946. The highest BCUT2D eigenvalue weighted by molar-refractivity contribution is 7.84. The second-order valence-corrected chi connectivity index (χ2v) is 7.78. The van der Waals surface area contributed by atoms with Gasteiger partial charge in [0.25, 0.3) is 0 Å². The van der Waals surface area contributed by atoms with Crippen LogP contribution in [0.15, 0.2) is 18.2 Å². The molecule has 18 heavy (non-hydrogen) atoms. The van der Waals surface area contributed by atoms with Gasteiger partial charge in [-0.3, -0.25) is 0 Å². The van der Waals surface area contributed by atoms with Gasteiger partial charge < -0.3 is 9.47 Å². The molecule has 0 aliphatic carbocycles. The summed E-state index contributed by atoms with van der Waals surface area (Å²) in [5, 5.41) is 0. The summed E-state index contributed by atoms with van der Waals surface area (Å²) < 4.78 is 24.7. The smallest absolute Gasteiger partial charge is 0.231 e. The molecule has 2 heterocycles. The van der Waals surface area contributed by atoms with Gasteiger partial charge in [-0.05, 0) is 38.5 Å². The molecule has 0 aromatic heterocycles. The second kappa shape index (κ2) is 3.96. The van der Waals surface area contributed by atoms with Gasteiger partial charge in [0.2, 0.25) is 6.79 Å². The largest absolute Gasteiger partial charge is 0.454 e. The molecular formula is C13H17NO3S. The van der Waals surface area contributed by atoms with E-state index in [-0.39, 0.29) is 10.8 Å². The maximum Gasteiger partial charge on any atom is 0.231 e. The first-order valence-electron chi connectivity index (χ1n) is 6.05. The zero-order valence-corrected chi connectivity index (χ0v) is 11.6. The Morgan fingerprint density at radius 2 is 2.00 bits per heavy atom. The Kier molecular flexibility index (Phi) is 2.64. The monoisotopic (exact) mass is 267 g/mol.